The van der Waals surface area contributed by atoms with Crippen LogP contribution in [0.1, 0.15) is 11.1 Å². The van der Waals surface area contributed by atoms with Gasteiger partial charge in [0.25, 0.3) is 0 Å². The maximum absolute atomic E-state index is 13.8. The average molecular weight is 581 g/mol. The number of alkyl halides is 4. The van der Waals surface area contributed by atoms with Gasteiger partial charge in [-0.3, -0.25) is 4.72 Å². The third-order valence-corrected chi connectivity index (χ3v) is 6.17. The number of carbonyl (C=O) groups excluding carboxylic acids is 1. The Bertz CT molecular complexity index is 1340. The summed E-state index contributed by atoms with van der Waals surface area (Å²) in [5, 5.41) is 8.33. The zero-order chi connectivity index (χ0) is 29.6. The summed E-state index contributed by atoms with van der Waals surface area (Å²) in [7, 11) is 1.06. The Morgan fingerprint density at radius 3 is 1.92 bits per heavy atom. The van der Waals surface area contributed by atoms with Gasteiger partial charge in [0.15, 0.2) is 11.5 Å². The van der Waals surface area contributed by atoms with Gasteiger partial charge in [-0.05, 0) is 23.8 Å². The molecule has 0 heterocycles. The second-order valence-electron chi connectivity index (χ2n) is 7.48. The number of nitrogens with one attached hydrogen (secondary N) is 1. The quantitative estimate of drug-likeness (QED) is 0.206. The lowest BCUT2D eigenvalue weighted by Crippen LogP contribution is -2.53. The summed E-state index contributed by atoms with van der Waals surface area (Å²) in [6, 6.07) is 6.06. The van der Waals surface area contributed by atoms with Crippen LogP contribution in [0.5, 0.6) is 28.7 Å². The molecular weight excluding hydrogens is 558 g/mol. The first-order chi connectivity index (χ1) is 18.1. The van der Waals surface area contributed by atoms with Crippen molar-refractivity contribution >= 4 is 28.0 Å². The summed E-state index contributed by atoms with van der Waals surface area (Å²) in [6.07, 6.45) is 2.39. The van der Waals surface area contributed by atoms with Gasteiger partial charge in [-0.1, -0.05) is 6.07 Å². The molecular formula is C23H23F4NO10S. The van der Waals surface area contributed by atoms with Gasteiger partial charge in [-0.25, -0.2) is 18.0 Å². The maximum Gasteiger partial charge on any atom is 0.416 e. The first-order valence-electron chi connectivity index (χ1n) is 10.5. The molecule has 0 bridgehead atoms. The number of carboxylic acids is 1. The molecule has 0 radical (unpaired) electrons. The molecule has 2 aromatic carbocycles. The molecule has 0 atom stereocenters. The number of sulfonamides is 1. The van der Waals surface area contributed by atoms with Crippen molar-refractivity contribution in [3.8, 4) is 28.7 Å². The lowest BCUT2D eigenvalue weighted by Gasteiger charge is -2.21. The first kappa shape index (κ1) is 31.0. The highest BCUT2D eigenvalue weighted by molar-refractivity contribution is 7.88. The Balaban J connectivity index is 2.27. The molecule has 0 saturated heterocycles. The van der Waals surface area contributed by atoms with E-state index in [4.69, 9.17) is 24.1 Å². The molecule has 0 saturated carbocycles. The van der Waals surface area contributed by atoms with Crippen molar-refractivity contribution in [3.63, 3.8) is 0 Å². The van der Waals surface area contributed by atoms with Crippen LogP contribution in [-0.2, 0) is 25.4 Å². The monoisotopic (exact) mass is 581 g/mol. The van der Waals surface area contributed by atoms with E-state index in [2.05, 4.69) is 9.46 Å². The van der Waals surface area contributed by atoms with Gasteiger partial charge < -0.3 is 28.8 Å². The molecule has 0 amide bonds. The number of methoxy groups -OCH3 is 4. The number of carbonyl (C=O) groups is 2. The summed E-state index contributed by atoms with van der Waals surface area (Å²) in [6.45, 7) is 0. The minimum Gasteiger partial charge on any atom is -0.496 e. The van der Waals surface area contributed by atoms with Crippen molar-refractivity contribution in [1.29, 1.82) is 0 Å². The van der Waals surface area contributed by atoms with Crippen LogP contribution >= 0.6 is 0 Å². The Hall–Kier alpha value is -4.21. The zero-order valence-electron chi connectivity index (χ0n) is 20.8. The van der Waals surface area contributed by atoms with E-state index in [0.29, 0.717) is 22.8 Å². The lowest BCUT2D eigenvalue weighted by atomic mass is 10.1. The SMILES string of the molecule is COc1cc(OC)c(C=CNS(=O)(=O)Cc2ccc(OC)c(OC(=O)C(F)(F)C(F)(F)C(=O)O)c2)c(OC)c1. The van der Waals surface area contributed by atoms with Crippen molar-refractivity contribution in [1.82, 2.24) is 4.72 Å². The molecule has 0 aromatic heterocycles. The van der Waals surface area contributed by atoms with Crippen molar-refractivity contribution < 1.29 is 64.4 Å². The maximum atomic E-state index is 13.8. The fourth-order valence-corrected chi connectivity index (χ4v) is 3.97. The summed E-state index contributed by atoms with van der Waals surface area (Å²) in [5.74, 6) is -18.7. The van der Waals surface area contributed by atoms with Gasteiger partial charge in [0.1, 0.15) is 17.2 Å². The topological polar surface area (TPSA) is 147 Å². The Morgan fingerprint density at radius 2 is 1.44 bits per heavy atom. The van der Waals surface area contributed by atoms with Crippen LogP contribution < -0.4 is 28.4 Å². The predicted molar refractivity (Wildman–Crippen MR) is 127 cm³/mol. The molecule has 0 aliphatic heterocycles. The van der Waals surface area contributed by atoms with Crippen LogP contribution in [0.2, 0.25) is 0 Å². The van der Waals surface area contributed by atoms with Crippen molar-refractivity contribution in [3.05, 3.63) is 47.7 Å². The van der Waals surface area contributed by atoms with Crippen molar-refractivity contribution in [2.45, 2.75) is 17.6 Å². The van der Waals surface area contributed by atoms with E-state index in [1.54, 1.807) is 0 Å². The third kappa shape index (κ3) is 7.01. The van der Waals surface area contributed by atoms with Gasteiger partial charge in [-0.15, -0.1) is 0 Å². The highest BCUT2D eigenvalue weighted by Crippen LogP contribution is 2.38. The number of halogens is 4. The van der Waals surface area contributed by atoms with Crippen LogP contribution in [0.3, 0.4) is 0 Å². The zero-order valence-corrected chi connectivity index (χ0v) is 21.6. The number of hydrogen-bond acceptors (Lipinski definition) is 9. The summed E-state index contributed by atoms with van der Waals surface area (Å²) >= 11 is 0. The van der Waals surface area contributed by atoms with Crippen LogP contribution in [0.15, 0.2) is 36.5 Å². The average Bonchev–Trinajstić information content (AvgIpc) is 2.87. The van der Waals surface area contributed by atoms with E-state index in [-0.39, 0.29) is 5.56 Å². The molecule has 0 unspecified atom stereocenters. The molecule has 2 aromatic rings. The first-order valence-corrected chi connectivity index (χ1v) is 12.1. The molecule has 0 aliphatic rings. The van der Waals surface area contributed by atoms with E-state index in [0.717, 1.165) is 25.4 Å². The molecule has 0 spiro atoms. The standard InChI is InChI=1S/C23H23F4NO10S/c1-34-14-10-17(36-3)15(18(11-14)37-4)7-8-28-39(32,33)12-13-5-6-16(35-2)19(9-13)38-21(31)23(26,27)22(24,25)20(29)30/h5-11,28H,12H2,1-4H3,(H,29,30). The van der Waals surface area contributed by atoms with E-state index < -0.39 is 51.1 Å². The van der Waals surface area contributed by atoms with Crippen LogP contribution in [0, 0.1) is 0 Å². The van der Waals surface area contributed by atoms with Gasteiger partial charge in [0.2, 0.25) is 10.0 Å². The Morgan fingerprint density at radius 1 is 0.872 bits per heavy atom. The van der Waals surface area contributed by atoms with Crippen LogP contribution in [-0.4, -0.2) is 65.7 Å². The number of aliphatic carboxylic acids is 1. The smallest absolute Gasteiger partial charge is 0.416 e. The van der Waals surface area contributed by atoms with Crippen molar-refractivity contribution in [2.75, 3.05) is 28.4 Å². The van der Waals surface area contributed by atoms with E-state index in [1.807, 2.05) is 0 Å². The van der Waals surface area contributed by atoms with Crippen LogP contribution in [0.4, 0.5) is 17.6 Å². The lowest BCUT2D eigenvalue weighted by molar-refractivity contribution is -0.229. The van der Waals surface area contributed by atoms with Gasteiger partial charge in [-0.2, -0.15) is 17.6 Å². The molecule has 2 rings (SSSR count). The van der Waals surface area contributed by atoms with Gasteiger partial charge in [0, 0.05) is 18.3 Å². The largest absolute Gasteiger partial charge is 0.496 e. The third-order valence-electron chi connectivity index (χ3n) is 4.96. The highest BCUT2D eigenvalue weighted by Gasteiger charge is 2.69. The van der Waals surface area contributed by atoms with Gasteiger partial charge in [0.05, 0.1) is 39.8 Å². The summed E-state index contributed by atoms with van der Waals surface area (Å²) in [5.41, 5.74) is 0.230. The number of esters is 1. The minimum atomic E-state index is -5.77. The molecule has 0 aliphatic carbocycles. The number of rotatable bonds is 13. The predicted octanol–water partition coefficient (Wildman–Crippen LogP) is 3.07. The van der Waals surface area contributed by atoms with E-state index >= 15 is 0 Å². The molecule has 16 heteroatoms. The molecule has 0 fully saturated rings. The van der Waals surface area contributed by atoms with Crippen LogP contribution in [0.25, 0.3) is 6.08 Å². The van der Waals surface area contributed by atoms with Gasteiger partial charge >= 0.3 is 23.8 Å². The number of carboxylic acid groups (broad SMARTS) is 1. The summed E-state index contributed by atoms with van der Waals surface area (Å²) < 4.78 is 106. The van der Waals surface area contributed by atoms with Crippen molar-refractivity contribution in [2.24, 2.45) is 0 Å². The second-order valence-corrected chi connectivity index (χ2v) is 9.24. The molecule has 39 heavy (non-hydrogen) atoms. The van der Waals surface area contributed by atoms with E-state index in [9.17, 15) is 35.6 Å². The molecule has 2 N–H and O–H groups in total. The molecule has 11 nitrogen and oxygen atoms in total. The highest BCUT2D eigenvalue weighted by atomic mass is 32.2. The molecule has 214 valence electrons. The fraction of sp³-hybridized carbons (Fsp3) is 0.304. The fourth-order valence-electron chi connectivity index (χ4n) is 3.00. The normalized spacial score (nSPS) is 12.1. The van der Waals surface area contributed by atoms with E-state index in [1.165, 1.54) is 45.6 Å². The number of hydrogen-bond donors (Lipinski definition) is 2. The summed E-state index contributed by atoms with van der Waals surface area (Å²) in [4.78, 5) is 22.2. The number of benzene rings is 2. The minimum absolute atomic E-state index is 0.132. The Kier molecular flexibility index (Phi) is 9.62. The number of ether oxygens (including phenoxy) is 5. The Labute approximate surface area is 219 Å². The second kappa shape index (κ2) is 12.1.